The molecular weight excluding hydrogens is 309 g/mol. The van der Waals surface area contributed by atoms with Gasteiger partial charge in [0.2, 0.25) is 0 Å². The van der Waals surface area contributed by atoms with Gasteiger partial charge in [-0.1, -0.05) is 12.1 Å². The summed E-state index contributed by atoms with van der Waals surface area (Å²) in [7, 11) is 1.89. The van der Waals surface area contributed by atoms with Crippen LogP contribution in [0.25, 0.3) is 0 Å². The number of hydrogen-bond acceptors (Lipinski definition) is 4. The average Bonchev–Trinajstić information content (AvgIpc) is 3.01. The van der Waals surface area contributed by atoms with Crippen LogP contribution < -0.4 is 0 Å². The van der Waals surface area contributed by atoms with E-state index in [1.165, 1.54) is 12.1 Å². The Morgan fingerprint density at radius 1 is 1.21 bits per heavy atom. The summed E-state index contributed by atoms with van der Waals surface area (Å²) in [6.07, 6.45) is 4.10. The van der Waals surface area contributed by atoms with E-state index < -0.39 is 12.2 Å². The van der Waals surface area contributed by atoms with E-state index in [0.29, 0.717) is 12.4 Å². The van der Waals surface area contributed by atoms with E-state index in [4.69, 9.17) is 0 Å². The number of piperidine rings is 1. The highest BCUT2D eigenvalue weighted by Gasteiger charge is 2.29. The molecule has 1 aliphatic heterocycles. The second-order valence-electron chi connectivity index (χ2n) is 6.55. The molecule has 0 bridgehead atoms. The molecule has 2 atom stereocenters. The molecule has 0 unspecified atom stereocenters. The Hall–Kier alpha value is -1.76. The molecule has 3 rings (SSSR count). The van der Waals surface area contributed by atoms with Crippen LogP contribution in [0.4, 0.5) is 4.39 Å². The van der Waals surface area contributed by atoms with Crippen molar-refractivity contribution in [3.05, 3.63) is 53.9 Å². The number of aryl methyl sites for hydroxylation is 1. The van der Waals surface area contributed by atoms with Gasteiger partial charge in [0.15, 0.2) is 0 Å². The summed E-state index contributed by atoms with van der Waals surface area (Å²) in [4.78, 5) is 6.42. The molecule has 1 saturated heterocycles. The van der Waals surface area contributed by atoms with Crippen molar-refractivity contribution in [1.29, 1.82) is 0 Å². The fraction of sp³-hybridized carbons (Fsp3) is 0.500. The zero-order valence-electron chi connectivity index (χ0n) is 13.8. The first-order valence-corrected chi connectivity index (χ1v) is 8.36. The third kappa shape index (κ3) is 3.83. The first-order chi connectivity index (χ1) is 11.5. The van der Waals surface area contributed by atoms with Crippen molar-refractivity contribution in [1.82, 2.24) is 14.5 Å². The van der Waals surface area contributed by atoms with E-state index in [0.717, 1.165) is 31.5 Å². The number of aromatic nitrogens is 2. The minimum atomic E-state index is -0.624. The highest BCUT2D eigenvalue weighted by Crippen LogP contribution is 2.30. The summed E-state index contributed by atoms with van der Waals surface area (Å²) in [5.41, 5.74) is 0.728. The normalized spacial score (nSPS) is 19.3. The lowest BCUT2D eigenvalue weighted by Gasteiger charge is -2.35. The lowest BCUT2D eigenvalue weighted by molar-refractivity contribution is 0.0346. The molecule has 1 aliphatic rings. The monoisotopic (exact) mass is 333 g/mol. The van der Waals surface area contributed by atoms with Gasteiger partial charge in [-0.15, -0.1) is 0 Å². The van der Waals surface area contributed by atoms with Gasteiger partial charge >= 0.3 is 0 Å². The predicted molar refractivity (Wildman–Crippen MR) is 88.7 cm³/mol. The summed E-state index contributed by atoms with van der Waals surface area (Å²) in [5.74, 6) is 0.597. The van der Waals surface area contributed by atoms with Gasteiger partial charge in [0.05, 0.1) is 6.10 Å². The molecule has 2 heterocycles. The minimum Gasteiger partial charge on any atom is -0.387 e. The number of aliphatic hydroxyl groups excluding tert-OH is 2. The van der Waals surface area contributed by atoms with Crippen LogP contribution in [0, 0.1) is 11.7 Å². The summed E-state index contributed by atoms with van der Waals surface area (Å²) < 4.78 is 14.8. The van der Waals surface area contributed by atoms with Crippen LogP contribution >= 0.6 is 0 Å². The molecule has 24 heavy (non-hydrogen) atoms. The van der Waals surface area contributed by atoms with Crippen LogP contribution in [0.15, 0.2) is 36.7 Å². The van der Waals surface area contributed by atoms with Gasteiger partial charge in [-0.3, -0.25) is 0 Å². The molecule has 0 radical (unpaired) electrons. The van der Waals surface area contributed by atoms with E-state index in [1.807, 2.05) is 17.8 Å². The first kappa shape index (κ1) is 17.1. The highest BCUT2D eigenvalue weighted by atomic mass is 19.1. The number of β-amino-alcohol motifs (C(OH)–C–C–N with tert-alkyl or cyclic N) is 1. The molecular formula is C18H24FN3O2. The molecule has 1 aromatic heterocycles. The molecule has 2 aromatic rings. The SMILES string of the molecule is Cn1ccnc1[C@H](O)C1CCN(C[C@@H](O)c2ccc(F)cc2)CC1. The van der Waals surface area contributed by atoms with E-state index >= 15 is 0 Å². The summed E-state index contributed by atoms with van der Waals surface area (Å²) in [5, 5.41) is 20.8. The molecule has 0 aliphatic carbocycles. The average molecular weight is 333 g/mol. The van der Waals surface area contributed by atoms with Crippen molar-refractivity contribution in [2.24, 2.45) is 13.0 Å². The second kappa shape index (κ2) is 7.42. The number of nitrogens with zero attached hydrogens (tertiary/aromatic N) is 3. The van der Waals surface area contributed by atoms with Crippen molar-refractivity contribution in [2.75, 3.05) is 19.6 Å². The number of aliphatic hydroxyl groups is 2. The van der Waals surface area contributed by atoms with Crippen LogP contribution in [-0.4, -0.2) is 44.3 Å². The van der Waals surface area contributed by atoms with Crippen LogP contribution in [0.3, 0.4) is 0 Å². The molecule has 6 heteroatoms. The maximum absolute atomic E-state index is 12.9. The highest BCUT2D eigenvalue weighted by molar-refractivity contribution is 5.18. The van der Waals surface area contributed by atoms with Gasteiger partial charge < -0.3 is 19.7 Å². The Kier molecular flexibility index (Phi) is 5.28. The summed E-state index contributed by atoms with van der Waals surface area (Å²) in [6, 6.07) is 5.98. The molecule has 0 spiro atoms. The second-order valence-corrected chi connectivity index (χ2v) is 6.55. The Bertz CT molecular complexity index is 651. The van der Waals surface area contributed by atoms with Crippen LogP contribution in [-0.2, 0) is 7.05 Å². The number of likely N-dealkylation sites (tertiary alicyclic amines) is 1. The quantitative estimate of drug-likeness (QED) is 0.879. The molecule has 0 amide bonds. The zero-order valence-corrected chi connectivity index (χ0v) is 13.8. The number of rotatable bonds is 5. The standard InChI is InChI=1S/C18H24FN3O2/c1-21-11-8-20-18(21)17(24)14-6-9-22(10-7-14)12-16(23)13-2-4-15(19)5-3-13/h2-5,8,11,14,16-17,23-24H,6-7,9-10,12H2,1H3/t16-,17-/m1/s1. The third-order valence-electron chi connectivity index (χ3n) is 4.89. The van der Waals surface area contributed by atoms with Crippen molar-refractivity contribution in [3.63, 3.8) is 0 Å². The van der Waals surface area contributed by atoms with Crippen LogP contribution in [0.5, 0.6) is 0 Å². The number of halogens is 1. The van der Waals surface area contributed by atoms with E-state index in [9.17, 15) is 14.6 Å². The first-order valence-electron chi connectivity index (χ1n) is 8.36. The van der Waals surface area contributed by atoms with Gasteiger partial charge in [0, 0.05) is 26.0 Å². The molecule has 1 fully saturated rings. The van der Waals surface area contributed by atoms with E-state index in [2.05, 4.69) is 9.88 Å². The fourth-order valence-corrected chi connectivity index (χ4v) is 3.36. The summed E-state index contributed by atoms with van der Waals surface area (Å²) in [6.45, 7) is 2.17. The number of hydrogen-bond donors (Lipinski definition) is 2. The molecule has 5 nitrogen and oxygen atoms in total. The third-order valence-corrected chi connectivity index (χ3v) is 4.89. The van der Waals surface area contributed by atoms with E-state index in [1.54, 1.807) is 18.3 Å². The Labute approximate surface area is 141 Å². The van der Waals surface area contributed by atoms with Gasteiger partial charge in [-0.2, -0.15) is 0 Å². The Balaban J connectivity index is 1.51. The van der Waals surface area contributed by atoms with Crippen LogP contribution in [0.1, 0.15) is 36.4 Å². The van der Waals surface area contributed by atoms with Gasteiger partial charge in [0.25, 0.3) is 0 Å². The topological polar surface area (TPSA) is 61.5 Å². The largest absolute Gasteiger partial charge is 0.387 e. The Morgan fingerprint density at radius 2 is 1.88 bits per heavy atom. The van der Waals surface area contributed by atoms with E-state index in [-0.39, 0.29) is 11.7 Å². The lowest BCUT2D eigenvalue weighted by Crippen LogP contribution is -2.38. The van der Waals surface area contributed by atoms with Crippen LogP contribution in [0.2, 0.25) is 0 Å². The zero-order chi connectivity index (χ0) is 17.1. The molecule has 1 aromatic carbocycles. The van der Waals surface area contributed by atoms with Crippen molar-refractivity contribution >= 4 is 0 Å². The minimum absolute atomic E-state index is 0.185. The molecule has 2 N–H and O–H groups in total. The summed E-state index contributed by atoms with van der Waals surface area (Å²) >= 11 is 0. The number of benzene rings is 1. The molecule has 130 valence electrons. The van der Waals surface area contributed by atoms with Gasteiger partial charge in [0.1, 0.15) is 17.7 Å². The van der Waals surface area contributed by atoms with Crippen molar-refractivity contribution in [2.45, 2.75) is 25.0 Å². The van der Waals surface area contributed by atoms with Crippen molar-refractivity contribution in [3.8, 4) is 0 Å². The molecule has 0 saturated carbocycles. The van der Waals surface area contributed by atoms with Gasteiger partial charge in [-0.25, -0.2) is 9.37 Å². The Morgan fingerprint density at radius 3 is 2.46 bits per heavy atom. The fourth-order valence-electron chi connectivity index (χ4n) is 3.36. The maximum atomic E-state index is 12.9. The predicted octanol–water partition coefficient (Wildman–Crippen LogP) is 2.04. The number of imidazole rings is 1. The smallest absolute Gasteiger partial charge is 0.137 e. The van der Waals surface area contributed by atoms with Crippen molar-refractivity contribution < 1.29 is 14.6 Å². The maximum Gasteiger partial charge on any atom is 0.137 e. The lowest BCUT2D eigenvalue weighted by atomic mass is 9.90. The van der Waals surface area contributed by atoms with Gasteiger partial charge in [-0.05, 0) is 49.5 Å².